The summed E-state index contributed by atoms with van der Waals surface area (Å²) in [4.78, 5) is 37.9. The van der Waals surface area contributed by atoms with Gasteiger partial charge in [-0.05, 0) is 18.4 Å². The van der Waals surface area contributed by atoms with Crippen LogP contribution in [0.3, 0.4) is 0 Å². The van der Waals surface area contributed by atoms with Gasteiger partial charge < -0.3 is 20.1 Å². The minimum absolute atomic E-state index is 0.111. The molecule has 306 valence electrons. The fourth-order valence-electron chi connectivity index (χ4n) is 6.51. The quantitative estimate of drug-likeness (QED) is 0.0515. The van der Waals surface area contributed by atoms with Crippen LogP contribution in [0, 0.1) is 0 Å². The van der Waals surface area contributed by atoms with E-state index in [4.69, 9.17) is 9.47 Å². The summed E-state index contributed by atoms with van der Waals surface area (Å²) in [6, 6.07) is 8.83. The molecule has 0 aliphatic rings. The standard InChI is InChI=1S/C45H80N2O5S/c1-3-5-7-9-11-13-15-17-19-21-23-25-27-32-37-51-45(50)46-36-38-53-40-42(44(49)52-39-41-33-29-28-30-34-41)47-43(48)35-31-26-24-22-20-18-16-14-12-10-8-6-4-2/h28-30,33-34,42H,3-27,31-32,35-40H2,1-2H3,(H,46,50)(H,47,48). The maximum absolute atomic E-state index is 13.0. The number of unbranched alkanes of at least 4 members (excludes halogenated alkanes) is 25. The van der Waals surface area contributed by atoms with E-state index in [2.05, 4.69) is 24.5 Å². The predicted octanol–water partition coefficient (Wildman–Crippen LogP) is 12.6. The van der Waals surface area contributed by atoms with Crippen LogP contribution in [0.1, 0.15) is 199 Å². The maximum Gasteiger partial charge on any atom is 0.407 e. The molecule has 0 radical (unpaired) electrons. The van der Waals surface area contributed by atoms with Crippen molar-refractivity contribution in [3.63, 3.8) is 0 Å². The van der Waals surface area contributed by atoms with Gasteiger partial charge in [0.15, 0.2) is 0 Å². The van der Waals surface area contributed by atoms with Crippen LogP contribution in [0.4, 0.5) is 4.79 Å². The minimum Gasteiger partial charge on any atom is -0.459 e. The highest BCUT2D eigenvalue weighted by molar-refractivity contribution is 7.99. The van der Waals surface area contributed by atoms with E-state index in [1.54, 1.807) is 0 Å². The highest BCUT2D eigenvalue weighted by atomic mass is 32.2. The fourth-order valence-corrected chi connectivity index (χ4v) is 7.37. The molecule has 1 rings (SSSR count). The van der Waals surface area contributed by atoms with E-state index in [-0.39, 0.29) is 12.5 Å². The molecule has 1 atom stereocenters. The highest BCUT2D eigenvalue weighted by Gasteiger charge is 2.22. The SMILES string of the molecule is CCCCCCCCCCCCCCCCOC(=O)NCCSCC(NC(=O)CCCCCCCCCCCCCCC)C(=O)OCc1ccccc1. The third kappa shape index (κ3) is 32.9. The number of esters is 1. The van der Waals surface area contributed by atoms with E-state index in [9.17, 15) is 14.4 Å². The predicted molar refractivity (Wildman–Crippen MR) is 225 cm³/mol. The third-order valence-electron chi connectivity index (χ3n) is 9.88. The normalized spacial score (nSPS) is 11.7. The van der Waals surface area contributed by atoms with Gasteiger partial charge in [-0.1, -0.05) is 205 Å². The Balaban J connectivity index is 2.16. The molecular formula is C45H80N2O5S. The van der Waals surface area contributed by atoms with Crippen LogP contribution in [0.2, 0.25) is 0 Å². The Kier molecular flexibility index (Phi) is 35.1. The molecule has 1 aromatic rings. The van der Waals surface area contributed by atoms with Crippen LogP contribution < -0.4 is 10.6 Å². The lowest BCUT2D eigenvalue weighted by Gasteiger charge is -2.18. The number of carbonyl (C=O) groups excluding carboxylic acids is 3. The number of alkyl carbamates (subject to hydrolysis) is 1. The Morgan fingerprint density at radius 3 is 1.53 bits per heavy atom. The number of rotatable bonds is 38. The Labute approximate surface area is 330 Å². The molecule has 1 unspecified atom stereocenters. The van der Waals surface area contributed by atoms with Crippen molar-refractivity contribution in [2.24, 2.45) is 0 Å². The minimum atomic E-state index is -0.731. The lowest BCUT2D eigenvalue weighted by Crippen LogP contribution is -2.43. The summed E-state index contributed by atoms with van der Waals surface area (Å²) in [5.41, 5.74) is 0.905. The average Bonchev–Trinajstić information content (AvgIpc) is 3.17. The summed E-state index contributed by atoms with van der Waals surface area (Å²) < 4.78 is 10.9. The molecule has 53 heavy (non-hydrogen) atoms. The van der Waals surface area contributed by atoms with Crippen molar-refractivity contribution in [1.82, 2.24) is 10.6 Å². The zero-order chi connectivity index (χ0) is 38.3. The van der Waals surface area contributed by atoms with Crippen molar-refractivity contribution in [3.8, 4) is 0 Å². The van der Waals surface area contributed by atoms with Crippen molar-refractivity contribution < 1.29 is 23.9 Å². The second-order valence-electron chi connectivity index (χ2n) is 14.9. The number of nitrogens with one attached hydrogen (secondary N) is 2. The molecule has 0 bridgehead atoms. The van der Waals surface area contributed by atoms with Gasteiger partial charge in [0, 0.05) is 24.5 Å². The van der Waals surface area contributed by atoms with E-state index in [0.717, 1.165) is 37.7 Å². The fraction of sp³-hybridized carbons (Fsp3) is 0.800. The summed E-state index contributed by atoms with van der Waals surface area (Å²) in [5.74, 6) is 0.444. The third-order valence-corrected chi connectivity index (χ3v) is 10.9. The van der Waals surface area contributed by atoms with Gasteiger partial charge in [0.05, 0.1) is 6.61 Å². The second-order valence-corrected chi connectivity index (χ2v) is 16.1. The Hall–Kier alpha value is -2.22. The molecule has 0 heterocycles. The zero-order valence-corrected chi connectivity index (χ0v) is 35.1. The van der Waals surface area contributed by atoms with Gasteiger partial charge in [-0.25, -0.2) is 9.59 Å². The second kappa shape index (κ2) is 38.1. The Morgan fingerprint density at radius 2 is 1.04 bits per heavy atom. The first-order chi connectivity index (χ1) is 26.1. The number of carbonyl (C=O) groups is 3. The lowest BCUT2D eigenvalue weighted by atomic mass is 10.0. The van der Waals surface area contributed by atoms with E-state index in [1.165, 1.54) is 153 Å². The maximum atomic E-state index is 13.0. The van der Waals surface area contributed by atoms with Gasteiger partial charge in [-0.3, -0.25) is 4.79 Å². The molecule has 0 spiro atoms. The summed E-state index contributed by atoms with van der Waals surface area (Å²) in [6.07, 6.45) is 34.5. The van der Waals surface area contributed by atoms with E-state index < -0.39 is 18.1 Å². The molecule has 7 nitrogen and oxygen atoms in total. The number of thioether (sulfide) groups is 1. The van der Waals surface area contributed by atoms with Crippen LogP contribution in [0.15, 0.2) is 30.3 Å². The number of amides is 2. The molecule has 0 aromatic heterocycles. The summed E-state index contributed by atoms with van der Waals surface area (Å²) in [6.45, 7) is 5.57. The number of ether oxygens (including phenoxy) is 2. The van der Waals surface area contributed by atoms with Crippen LogP contribution in [0.5, 0.6) is 0 Å². The summed E-state index contributed by atoms with van der Waals surface area (Å²) in [5, 5.41) is 5.73. The summed E-state index contributed by atoms with van der Waals surface area (Å²) >= 11 is 1.51. The van der Waals surface area contributed by atoms with Gasteiger partial charge >= 0.3 is 12.1 Å². The number of benzene rings is 1. The average molecular weight is 761 g/mol. The van der Waals surface area contributed by atoms with E-state index >= 15 is 0 Å². The molecular weight excluding hydrogens is 681 g/mol. The number of hydrogen-bond acceptors (Lipinski definition) is 6. The van der Waals surface area contributed by atoms with Crippen LogP contribution >= 0.6 is 11.8 Å². The molecule has 2 amide bonds. The molecule has 0 fully saturated rings. The smallest absolute Gasteiger partial charge is 0.407 e. The van der Waals surface area contributed by atoms with Crippen LogP contribution in [-0.4, -0.2) is 48.7 Å². The highest BCUT2D eigenvalue weighted by Crippen LogP contribution is 2.15. The first-order valence-electron chi connectivity index (χ1n) is 22.0. The first-order valence-corrected chi connectivity index (χ1v) is 23.2. The molecule has 8 heteroatoms. The monoisotopic (exact) mass is 761 g/mol. The molecule has 0 saturated carbocycles. The van der Waals surface area contributed by atoms with Crippen LogP contribution in [-0.2, 0) is 25.7 Å². The van der Waals surface area contributed by atoms with Crippen molar-refractivity contribution in [2.75, 3.05) is 24.7 Å². The Bertz CT molecular complexity index is 979. The Morgan fingerprint density at radius 1 is 0.585 bits per heavy atom. The molecule has 2 N–H and O–H groups in total. The van der Waals surface area contributed by atoms with Crippen molar-refractivity contribution >= 4 is 29.7 Å². The van der Waals surface area contributed by atoms with E-state index in [1.807, 2.05) is 30.3 Å². The van der Waals surface area contributed by atoms with Gasteiger partial charge in [-0.2, -0.15) is 11.8 Å². The van der Waals surface area contributed by atoms with Gasteiger partial charge in [0.25, 0.3) is 0 Å². The van der Waals surface area contributed by atoms with Gasteiger partial charge in [-0.15, -0.1) is 0 Å². The molecule has 0 saturated heterocycles. The molecule has 0 aliphatic carbocycles. The largest absolute Gasteiger partial charge is 0.459 e. The van der Waals surface area contributed by atoms with Gasteiger partial charge in [0.2, 0.25) is 5.91 Å². The van der Waals surface area contributed by atoms with Crippen LogP contribution in [0.25, 0.3) is 0 Å². The molecule has 1 aromatic carbocycles. The van der Waals surface area contributed by atoms with E-state index in [0.29, 0.717) is 31.1 Å². The zero-order valence-electron chi connectivity index (χ0n) is 34.2. The lowest BCUT2D eigenvalue weighted by molar-refractivity contribution is -0.148. The first kappa shape index (κ1) is 48.8. The van der Waals surface area contributed by atoms with Crippen molar-refractivity contribution in [1.29, 1.82) is 0 Å². The van der Waals surface area contributed by atoms with Crippen molar-refractivity contribution in [2.45, 2.75) is 206 Å². The van der Waals surface area contributed by atoms with Crippen molar-refractivity contribution in [3.05, 3.63) is 35.9 Å². The summed E-state index contributed by atoms with van der Waals surface area (Å²) in [7, 11) is 0. The van der Waals surface area contributed by atoms with Gasteiger partial charge in [0.1, 0.15) is 12.6 Å². The number of hydrogen-bond donors (Lipinski definition) is 2. The topological polar surface area (TPSA) is 93.7 Å². The molecule has 0 aliphatic heterocycles.